The first-order valence-corrected chi connectivity index (χ1v) is 10.7. The summed E-state index contributed by atoms with van der Waals surface area (Å²) in [5.74, 6) is 0.202. The number of carbonyl (C=O) groups excluding carboxylic acids is 2. The number of piperazine rings is 1. The topological polar surface area (TPSA) is 99.0 Å². The molecule has 1 saturated carbocycles. The lowest BCUT2D eigenvalue weighted by Gasteiger charge is -2.42. The molecule has 4 rings (SSSR count). The molecule has 2 saturated heterocycles. The van der Waals surface area contributed by atoms with E-state index in [9.17, 15) is 19.7 Å². The number of urea groups is 1. The number of anilines is 1. The Morgan fingerprint density at radius 1 is 1.07 bits per heavy atom. The lowest BCUT2D eigenvalue weighted by molar-refractivity contribution is -0.384. The van der Waals surface area contributed by atoms with Gasteiger partial charge in [-0.3, -0.25) is 19.8 Å². The van der Waals surface area contributed by atoms with Crippen LogP contribution in [0.25, 0.3) is 0 Å². The van der Waals surface area contributed by atoms with Crippen LogP contribution < -0.4 is 10.2 Å². The first kappa shape index (κ1) is 20.6. The molecule has 1 spiro atoms. The van der Waals surface area contributed by atoms with Gasteiger partial charge in [0.25, 0.3) is 11.6 Å². The van der Waals surface area contributed by atoms with Crippen molar-refractivity contribution in [1.29, 1.82) is 0 Å². The number of imide groups is 1. The van der Waals surface area contributed by atoms with E-state index in [0.29, 0.717) is 19.8 Å². The fourth-order valence-electron chi connectivity index (χ4n) is 5.21. The zero-order chi connectivity index (χ0) is 21.5. The maximum atomic E-state index is 13.3. The maximum absolute atomic E-state index is 13.3. The number of non-ortho nitro benzene ring substituents is 1. The lowest BCUT2D eigenvalue weighted by Crippen LogP contribution is -2.59. The Morgan fingerprint density at radius 2 is 1.67 bits per heavy atom. The van der Waals surface area contributed by atoms with Gasteiger partial charge in [0.2, 0.25) is 0 Å². The molecule has 1 aliphatic carbocycles. The number of nitrogens with one attached hydrogen (secondary N) is 1. The van der Waals surface area contributed by atoms with Crippen molar-refractivity contribution in [1.82, 2.24) is 15.1 Å². The summed E-state index contributed by atoms with van der Waals surface area (Å²) in [5.41, 5.74) is 0.269. The van der Waals surface area contributed by atoms with Gasteiger partial charge in [-0.25, -0.2) is 9.69 Å². The third-order valence-corrected chi connectivity index (χ3v) is 7.13. The number of amides is 3. The zero-order valence-electron chi connectivity index (χ0n) is 17.5. The molecular formula is C21H29N5O4. The molecule has 2 heterocycles. The molecule has 3 fully saturated rings. The molecule has 9 nitrogen and oxygen atoms in total. The second-order valence-electron chi connectivity index (χ2n) is 8.79. The molecule has 1 aromatic rings. The largest absolute Gasteiger partial charge is 0.369 e. The van der Waals surface area contributed by atoms with E-state index < -0.39 is 10.5 Å². The van der Waals surface area contributed by atoms with Crippen molar-refractivity contribution >= 4 is 23.3 Å². The Kier molecular flexibility index (Phi) is 5.40. The third kappa shape index (κ3) is 3.40. The summed E-state index contributed by atoms with van der Waals surface area (Å²) in [4.78, 5) is 42.1. The second kappa shape index (κ2) is 7.86. The first-order chi connectivity index (χ1) is 14.3. The third-order valence-electron chi connectivity index (χ3n) is 7.13. The van der Waals surface area contributed by atoms with Gasteiger partial charge in [-0.2, -0.15) is 0 Å². The molecule has 0 aromatic heterocycles. The standard InChI is InChI=1S/C21H29N5O4/c1-15-4-3-5-16(2)21(15)19(27)25(20(28)22-21)14-23-10-12-24(13-11-23)17-6-8-18(9-7-17)26(29)30/h6-9,15-16H,3-5,10-14H2,1-2H3,(H,22,28)/t15-,16-/m0/s1. The normalized spacial score (nSPS) is 26.9. The molecule has 0 unspecified atom stereocenters. The van der Waals surface area contributed by atoms with Crippen LogP contribution >= 0.6 is 0 Å². The minimum Gasteiger partial charge on any atom is -0.369 e. The van der Waals surface area contributed by atoms with Crippen molar-refractivity contribution in [3.8, 4) is 0 Å². The molecule has 2 aliphatic heterocycles. The molecule has 2 atom stereocenters. The number of benzene rings is 1. The first-order valence-electron chi connectivity index (χ1n) is 10.7. The highest BCUT2D eigenvalue weighted by molar-refractivity contribution is 6.07. The Morgan fingerprint density at radius 3 is 2.23 bits per heavy atom. The van der Waals surface area contributed by atoms with E-state index in [2.05, 4.69) is 29.0 Å². The van der Waals surface area contributed by atoms with Gasteiger partial charge in [0.1, 0.15) is 5.54 Å². The summed E-state index contributed by atoms with van der Waals surface area (Å²) in [6.07, 6.45) is 3.01. The summed E-state index contributed by atoms with van der Waals surface area (Å²) in [7, 11) is 0. The molecular weight excluding hydrogens is 386 g/mol. The van der Waals surface area contributed by atoms with Crippen LogP contribution in [-0.2, 0) is 4.79 Å². The molecule has 162 valence electrons. The molecule has 1 aromatic carbocycles. The Balaban J connectivity index is 1.37. The quantitative estimate of drug-likeness (QED) is 0.461. The van der Waals surface area contributed by atoms with Crippen molar-refractivity contribution in [2.24, 2.45) is 11.8 Å². The number of nitro benzene ring substituents is 1. The number of carbonyl (C=O) groups is 2. The molecule has 1 N–H and O–H groups in total. The predicted octanol–water partition coefficient (Wildman–Crippen LogP) is 2.42. The average Bonchev–Trinajstić information content (AvgIpc) is 2.98. The summed E-state index contributed by atoms with van der Waals surface area (Å²) >= 11 is 0. The van der Waals surface area contributed by atoms with E-state index in [0.717, 1.165) is 38.0 Å². The Bertz CT molecular complexity index is 824. The highest BCUT2D eigenvalue weighted by Crippen LogP contribution is 2.42. The molecule has 0 radical (unpaired) electrons. The molecule has 3 amide bonds. The number of rotatable bonds is 4. The van der Waals surface area contributed by atoms with E-state index in [1.807, 2.05) is 0 Å². The molecule has 0 bridgehead atoms. The average molecular weight is 415 g/mol. The van der Waals surface area contributed by atoms with E-state index in [-0.39, 0.29) is 29.5 Å². The highest BCUT2D eigenvalue weighted by Gasteiger charge is 2.58. The van der Waals surface area contributed by atoms with Gasteiger partial charge in [-0.15, -0.1) is 0 Å². The van der Waals surface area contributed by atoms with Crippen molar-refractivity contribution in [2.75, 3.05) is 37.7 Å². The summed E-state index contributed by atoms with van der Waals surface area (Å²) in [6.45, 7) is 7.34. The van der Waals surface area contributed by atoms with Gasteiger partial charge < -0.3 is 10.2 Å². The van der Waals surface area contributed by atoms with Crippen LogP contribution in [0.1, 0.15) is 33.1 Å². The van der Waals surface area contributed by atoms with Crippen molar-refractivity contribution in [2.45, 2.75) is 38.6 Å². The SMILES string of the molecule is C[C@H]1CCC[C@H](C)C12NC(=O)N(CN1CCN(c3ccc([N+](=O)[O-])cc3)CC1)C2=O. The monoisotopic (exact) mass is 415 g/mol. The van der Waals surface area contributed by atoms with Crippen LogP contribution in [-0.4, -0.2) is 65.0 Å². The number of nitrogens with zero attached hydrogens (tertiary/aromatic N) is 4. The lowest BCUT2D eigenvalue weighted by atomic mass is 9.67. The summed E-state index contributed by atoms with van der Waals surface area (Å²) in [6, 6.07) is 6.28. The van der Waals surface area contributed by atoms with E-state index in [4.69, 9.17) is 0 Å². The van der Waals surface area contributed by atoms with Crippen molar-refractivity contribution < 1.29 is 14.5 Å². The van der Waals surface area contributed by atoms with E-state index >= 15 is 0 Å². The molecule has 9 heteroatoms. The van der Waals surface area contributed by atoms with Gasteiger partial charge in [0.05, 0.1) is 11.6 Å². The van der Waals surface area contributed by atoms with Crippen molar-refractivity contribution in [3.05, 3.63) is 34.4 Å². The van der Waals surface area contributed by atoms with Crippen LogP contribution in [0.15, 0.2) is 24.3 Å². The predicted molar refractivity (Wildman–Crippen MR) is 112 cm³/mol. The van der Waals surface area contributed by atoms with Crippen LogP contribution in [0.3, 0.4) is 0 Å². The number of hydrogen-bond acceptors (Lipinski definition) is 6. The smallest absolute Gasteiger partial charge is 0.326 e. The van der Waals surface area contributed by atoms with Crippen LogP contribution in [0.5, 0.6) is 0 Å². The maximum Gasteiger partial charge on any atom is 0.326 e. The minimum absolute atomic E-state index is 0.0787. The second-order valence-corrected chi connectivity index (χ2v) is 8.79. The van der Waals surface area contributed by atoms with Crippen LogP contribution in [0.4, 0.5) is 16.2 Å². The van der Waals surface area contributed by atoms with Crippen molar-refractivity contribution in [3.63, 3.8) is 0 Å². The minimum atomic E-state index is -0.754. The van der Waals surface area contributed by atoms with Gasteiger partial charge in [0.15, 0.2) is 0 Å². The number of hydrogen-bond donors (Lipinski definition) is 1. The van der Waals surface area contributed by atoms with Crippen LogP contribution in [0.2, 0.25) is 0 Å². The zero-order valence-corrected chi connectivity index (χ0v) is 17.5. The van der Waals surface area contributed by atoms with E-state index in [1.165, 1.54) is 17.0 Å². The molecule has 3 aliphatic rings. The van der Waals surface area contributed by atoms with Gasteiger partial charge in [-0.1, -0.05) is 20.3 Å². The highest BCUT2D eigenvalue weighted by atomic mass is 16.6. The molecule has 30 heavy (non-hydrogen) atoms. The van der Waals surface area contributed by atoms with Gasteiger partial charge in [0, 0.05) is 44.0 Å². The number of nitro groups is 1. The Labute approximate surface area is 176 Å². The van der Waals surface area contributed by atoms with Gasteiger partial charge >= 0.3 is 6.03 Å². The Hall–Kier alpha value is -2.68. The van der Waals surface area contributed by atoms with E-state index in [1.54, 1.807) is 12.1 Å². The fourth-order valence-corrected chi connectivity index (χ4v) is 5.21. The van der Waals surface area contributed by atoms with Crippen LogP contribution in [0, 0.1) is 22.0 Å². The summed E-state index contributed by atoms with van der Waals surface area (Å²) in [5, 5.41) is 13.9. The van der Waals surface area contributed by atoms with Gasteiger partial charge in [-0.05, 0) is 36.8 Å². The summed E-state index contributed by atoms with van der Waals surface area (Å²) < 4.78 is 0. The fraction of sp³-hybridized carbons (Fsp3) is 0.619.